The predicted octanol–water partition coefficient (Wildman–Crippen LogP) is 2.30. The van der Waals surface area contributed by atoms with Gasteiger partial charge in [-0.25, -0.2) is 0 Å². The lowest BCUT2D eigenvalue weighted by Gasteiger charge is -2.03. The molecule has 1 atom stereocenters. The van der Waals surface area contributed by atoms with Gasteiger partial charge in [0, 0.05) is 6.61 Å². The lowest BCUT2D eigenvalue weighted by atomic mass is 10.2. The van der Waals surface area contributed by atoms with Gasteiger partial charge in [0.2, 0.25) is 5.82 Å². The molecule has 6 heteroatoms. The van der Waals surface area contributed by atoms with Gasteiger partial charge in [-0.15, -0.1) is 0 Å². The van der Waals surface area contributed by atoms with Crippen molar-refractivity contribution in [2.24, 2.45) is 0 Å². The van der Waals surface area contributed by atoms with Crippen molar-refractivity contribution < 1.29 is 19.1 Å². The molecule has 100 valence electrons. The van der Waals surface area contributed by atoms with Crippen LogP contribution in [0, 0.1) is 0 Å². The number of hydrogen-bond acceptors (Lipinski definition) is 6. The summed E-state index contributed by atoms with van der Waals surface area (Å²) in [5, 5.41) is 13.8. The normalized spacial score (nSPS) is 18.7. The minimum Gasteiger partial charge on any atom is -0.507 e. The number of phenolic OH excluding ortho intramolecular Hbond substituents is 1. The summed E-state index contributed by atoms with van der Waals surface area (Å²) in [4.78, 5) is 4.28. The average Bonchev–Trinajstić information content (AvgIpc) is 3.10. The quantitative estimate of drug-likeness (QED) is 0.914. The third kappa shape index (κ3) is 2.26. The van der Waals surface area contributed by atoms with Crippen molar-refractivity contribution in [3.05, 3.63) is 24.0 Å². The van der Waals surface area contributed by atoms with Crippen LogP contribution in [0.4, 0.5) is 0 Å². The predicted molar refractivity (Wildman–Crippen MR) is 65.9 cm³/mol. The third-order valence-corrected chi connectivity index (χ3v) is 3.09. The van der Waals surface area contributed by atoms with Gasteiger partial charge in [-0.05, 0) is 31.0 Å². The molecule has 2 heterocycles. The molecule has 1 saturated heterocycles. The van der Waals surface area contributed by atoms with E-state index in [0.717, 1.165) is 19.4 Å². The highest BCUT2D eigenvalue weighted by molar-refractivity contribution is 5.64. The Balaban J connectivity index is 1.93. The van der Waals surface area contributed by atoms with E-state index in [4.69, 9.17) is 14.0 Å². The van der Waals surface area contributed by atoms with Gasteiger partial charge >= 0.3 is 0 Å². The molecule has 0 radical (unpaired) electrons. The number of aromatic hydroxyl groups is 1. The molecular formula is C13H14N2O4. The smallest absolute Gasteiger partial charge is 0.261 e. The summed E-state index contributed by atoms with van der Waals surface area (Å²) in [6.07, 6.45) is 1.78. The topological polar surface area (TPSA) is 77.6 Å². The Bertz CT molecular complexity index is 576. The summed E-state index contributed by atoms with van der Waals surface area (Å²) >= 11 is 0. The van der Waals surface area contributed by atoms with Gasteiger partial charge in [0.25, 0.3) is 5.89 Å². The van der Waals surface area contributed by atoms with Crippen molar-refractivity contribution in [3.8, 4) is 23.0 Å². The molecule has 19 heavy (non-hydrogen) atoms. The minimum atomic E-state index is -0.106. The highest BCUT2D eigenvalue weighted by atomic mass is 16.5. The van der Waals surface area contributed by atoms with Crippen LogP contribution < -0.4 is 4.74 Å². The van der Waals surface area contributed by atoms with Crippen LogP contribution in [0.15, 0.2) is 22.7 Å². The molecule has 0 bridgehead atoms. The van der Waals surface area contributed by atoms with Crippen molar-refractivity contribution in [1.82, 2.24) is 10.1 Å². The Kier molecular flexibility index (Phi) is 3.08. The van der Waals surface area contributed by atoms with Crippen LogP contribution in [-0.2, 0) is 4.74 Å². The Labute approximate surface area is 110 Å². The Hall–Kier alpha value is -2.08. The minimum absolute atomic E-state index is 0.0725. The zero-order chi connectivity index (χ0) is 13.2. The van der Waals surface area contributed by atoms with Crippen LogP contribution >= 0.6 is 0 Å². The first-order chi connectivity index (χ1) is 9.28. The number of ether oxygens (including phenoxy) is 2. The van der Waals surface area contributed by atoms with Gasteiger partial charge in [0.05, 0.1) is 12.7 Å². The van der Waals surface area contributed by atoms with Crippen molar-refractivity contribution >= 4 is 0 Å². The van der Waals surface area contributed by atoms with Crippen molar-refractivity contribution in [3.63, 3.8) is 0 Å². The summed E-state index contributed by atoms with van der Waals surface area (Å²) in [5.74, 6) is 1.48. The highest BCUT2D eigenvalue weighted by Crippen LogP contribution is 2.33. The van der Waals surface area contributed by atoms with Gasteiger partial charge in [0.1, 0.15) is 17.6 Å². The second-order valence-corrected chi connectivity index (χ2v) is 4.34. The SMILES string of the molecule is COc1ccc(O)c(-c2nc(C3CCCO3)no2)c1. The second-order valence-electron chi connectivity index (χ2n) is 4.34. The Morgan fingerprint density at radius 2 is 2.32 bits per heavy atom. The molecular weight excluding hydrogens is 248 g/mol. The number of hydrogen-bond donors (Lipinski definition) is 1. The molecule has 3 rings (SSSR count). The van der Waals surface area contributed by atoms with Gasteiger partial charge in [-0.3, -0.25) is 0 Å². The van der Waals surface area contributed by atoms with E-state index < -0.39 is 0 Å². The lowest BCUT2D eigenvalue weighted by Crippen LogP contribution is -1.97. The molecule has 0 aliphatic carbocycles. The lowest BCUT2D eigenvalue weighted by molar-refractivity contribution is 0.103. The van der Waals surface area contributed by atoms with E-state index in [2.05, 4.69) is 10.1 Å². The van der Waals surface area contributed by atoms with Crippen molar-refractivity contribution in [2.75, 3.05) is 13.7 Å². The Morgan fingerprint density at radius 3 is 3.05 bits per heavy atom. The number of phenols is 1. The van der Waals surface area contributed by atoms with Gasteiger partial charge in [0.15, 0.2) is 0 Å². The molecule has 6 nitrogen and oxygen atoms in total. The van der Waals surface area contributed by atoms with Crippen molar-refractivity contribution in [2.45, 2.75) is 18.9 Å². The van der Waals surface area contributed by atoms with E-state index >= 15 is 0 Å². The van der Waals surface area contributed by atoms with E-state index in [9.17, 15) is 5.11 Å². The largest absolute Gasteiger partial charge is 0.507 e. The summed E-state index contributed by atoms with van der Waals surface area (Å²) < 4.78 is 15.8. The molecule has 0 amide bonds. The zero-order valence-corrected chi connectivity index (χ0v) is 10.5. The van der Waals surface area contributed by atoms with E-state index in [-0.39, 0.29) is 17.7 Å². The number of methoxy groups -OCH3 is 1. The molecule has 2 aromatic rings. The monoisotopic (exact) mass is 262 g/mol. The maximum atomic E-state index is 9.84. The van der Waals surface area contributed by atoms with Gasteiger partial charge in [-0.1, -0.05) is 5.16 Å². The van der Waals surface area contributed by atoms with Crippen LogP contribution in [0.3, 0.4) is 0 Å². The van der Waals surface area contributed by atoms with E-state index in [1.807, 2.05) is 0 Å². The van der Waals surface area contributed by atoms with E-state index in [0.29, 0.717) is 17.1 Å². The van der Waals surface area contributed by atoms with Crippen molar-refractivity contribution in [1.29, 1.82) is 0 Å². The summed E-state index contributed by atoms with van der Waals surface area (Å²) in [6.45, 7) is 0.721. The summed E-state index contributed by atoms with van der Waals surface area (Å²) in [7, 11) is 1.56. The third-order valence-electron chi connectivity index (χ3n) is 3.09. The number of benzene rings is 1. The van der Waals surface area contributed by atoms with Crippen LogP contribution in [0.5, 0.6) is 11.5 Å². The molecule has 1 aromatic heterocycles. The first-order valence-electron chi connectivity index (χ1n) is 6.10. The molecule has 1 aromatic carbocycles. The fraction of sp³-hybridized carbons (Fsp3) is 0.385. The van der Waals surface area contributed by atoms with Crippen LogP contribution in [0.25, 0.3) is 11.5 Å². The maximum Gasteiger partial charge on any atom is 0.261 e. The Morgan fingerprint density at radius 1 is 1.42 bits per heavy atom. The second kappa shape index (κ2) is 4.89. The summed E-state index contributed by atoms with van der Waals surface area (Å²) in [6, 6.07) is 4.85. The zero-order valence-electron chi connectivity index (χ0n) is 10.5. The molecule has 0 saturated carbocycles. The standard InChI is InChI=1S/C13H14N2O4/c1-17-8-4-5-10(16)9(7-8)13-14-12(15-19-13)11-3-2-6-18-11/h4-5,7,11,16H,2-3,6H2,1H3. The van der Waals surface area contributed by atoms with Crippen LogP contribution in [-0.4, -0.2) is 29.0 Å². The van der Waals surface area contributed by atoms with Crippen LogP contribution in [0.1, 0.15) is 24.8 Å². The molecule has 1 unspecified atom stereocenters. The fourth-order valence-corrected chi connectivity index (χ4v) is 2.07. The first-order valence-corrected chi connectivity index (χ1v) is 6.10. The summed E-state index contributed by atoms with van der Waals surface area (Å²) in [5.41, 5.74) is 0.455. The number of nitrogens with zero attached hydrogens (tertiary/aromatic N) is 2. The van der Waals surface area contributed by atoms with Crippen LogP contribution in [0.2, 0.25) is 0 Å². The number of rotatable bonds is 3. The fourth-order valence-electron chi connectivity index (χ4n) is 2.07. The molecule has 0 spiro atoms. The van der Waals surface area contributed by atoms with Gasteiger partial charge in [-0.2, -0.15) is 4.98 Å². The maximum absolute atomic E-state index is 9.84. The van der Waals surface area contributed by atoms with E-state index in [1.54, 1.807) is 19.2 Å². The highest BCUT2D eigenvalue weighted by Gasteiger charge is 2.24. The average molecular weight is 262 g/mol. The first kappa shape index (κ1) is 12.0. The number of aromatic nitrogens is 2. The van der Waals surface area contributed by atoms with E-state index in [1.165, 1.54) is 6.07 Å². The van der Waals surface area contributed by atoms with Gasteiger partial charge < -0.3 is 19.1 Å². The molecule has 1 fully saturated rings. The molecule has 1 aliphatic heterocycles. The molecule has 1 aliphatic rings. The molecule has 1 N–H and O–H groups in total.